The summed E-state index contributed by atoms with van der Waals surface area (Å²) in [7, 11) is 0. The lowest BCUT2D eigenvalue weighted by molar-refractivity contribution is -1.09. The standard InChI is InChI=1S/C25H27F3N3O6/c26-25(27,28)24(35)37-31(15-12-29(13-16-31)23(34)21-8-5-17-36-21)14-4-3-11-30-19-7-2-1-6-18(19)20(32)9-10-22(30)33/h1-2,5-8,17H,3-4,9-16H2/q+1. The van der Waals surface area contributed by atoms with E-state index in [0.717, 1.165) is 0 Å². The first-order valence-corrected chi connectivity index (χ1v) is 12.0. The summed E-state index contributed by atoms with van der Waals surface area (Å²) in [5.41, 5.74) is 0.987. The van der Waals surface area contributed by atoms with Gasteiger partial charge in [-0.25, -0.2) is 4.79 Å². The summed E-state index contributed by atoms with van der Waals surface area (Å²) < 4.78 is 43.6. The number of amides is 2. The molecule has 12 heteroatoms. The number of fused-ring (bicyclic) bond motifs is 1. The first-order valence-electron chi connectivity index (χ1n) is 12.0. The van der Waals surface area contributed by atoms with Crippen LogP contribution in [0.25, 0.3) is 0 Å². The Balaban J connectivity index is 1.41. The maximum Gasteiger partial charge on any atom is 0.497 e. The molecule has 1 aromatic heterocycles. The highest BCUT2D eigenvalue weighted by Gasteiger charge is 2.49. The SMILES string of the molecule is O=C1CCC(=O)N(CCCC[N+]2(OC(=O)C(F)(F)F)CCN(C(=O)c3ccco3)CC2)c2ccccc21. The molecule has 2 aliphatic heterocycles. The highest BCUT2D eigenvalue weighted by atomic mass is 19.4. The second kappa shape index (κ2) is 10.8. The number of nitrogens with zero attached hydrogens (tertiary/aromatic N) is 3. The van der Waals surface area contributed by atoms with Crippen molar-refractivity contribution in [3.05, 3.63) is 54.0 Å². The zero-order valence-corrected chi connectivity index (χ0v) is 20.0. The maximum atomic E-state index is 13.0. The molecule has 0 atom stereocenters. The van der Waals surface area contributed by atoms with Crippen LogP contribution in [0.5, 0.6) is 0 Å². The van der Waals surface area contributed by atoms with Crippen molar-refractivity contribution in [1.82, 2.24) is 4.90 Å². The van der Waals surface area contributed by atoms with Crippen molar-refractivity contribution in [1.29, 1.82) is 0 Å². The van der Waals surface area contributed by atoms with Crippen LogP contribution in [-0.4, -0.2) is 78.6 Å². The number of furan rings is 1. The number of anilines is 1. The van der Waals surface area contributed by atoms with E-state index in [-0.39, 0.29) is 69.6 Å². The van der Waals surface area contributed by atoms with E-state index in [9.17, 15) is 32.3 Å². The molecule has 9 nitrogen and oxygen atoms in total. The first-order chi connectivity index (χ1) is 17.6. The molecule has 1 saturated heterocycles. The van der Waals surface area contributed by atoms with Crippen LogP contribution >= 0.6 is 0 Å². The highest BCUT2D eigenvalue weighted by Crippen LogP contribution is 2.28. The van der Waals surface area contributed by atoms with E-state index in [1.807, 2.05) is 0 Å². The Hall–Kier alpha value is -3.67. The molecule has 3 heterocycles. The van der Waals surface area contributed by atoms with Crippen LogP contribution in [0.4, 0.5) is 18.9 Å². The quantitative estimate of drug-likeness (QED) is 0.409. The van der Waals surface area contributed by atoms with Crippen molar-refractivity contribution in [2.24, 2.45) is 0 Å². The van der Waals surface area contributed by atoms with Crippen molar-refractivity contribution in [3.8, 4) is 0 Å². The average molecular weight is 523 g/mol. The van der Waals surface area contributed by atoms with Crippen molar-refractivity contribution in [2.45, 2.75) is 31.9 Å². The van der Waals surface area contributed by atoms with Crippen LogP contribution in [-0.2, 0) is 14.4 Å². The van der Waals surface area contributed by atoms with Gasteiger partial charge in [0.1, 0.15) is 19.6 Å². The fourth-order valence-corrected chi connectivity index (χ4v) is 4.66. The third-order valence-corrected chi connectivity index (χ3v) is 6.64. The molecule has 0 N–H and O–H groups in total. The number of rotatable bonds is 7. The van der Waals surface area contributed by atoms with Gasteiger partial charge in [0, 0.05) is 31.4 Å². The second-order valence-electron chi connectivity index (χ2n) is 9.07. The highest BCUT2D eigenvalue weighted by molar-refractivity contribution is 6.10. The fraction of sp³-hybridized carbons (Fsp3) is 0.440. The number of para-hydroxylation sites is 1. The summed E-state index contributed by atoms with van der Waals surface area (Å²) in [4.78, 5) is 57.2. The molecule has 1 fully saturated rings. The third kappa shape index (κ3) is 6.01. The van der Waals surface area contributed by atoms with Gasteiger partial charge in [-0.05, 0) is 30.7 Å². The summed E-state index contributed by atoms with van der Waals surface area (Å²) in [6, 6.07) is 9.89. The summed E-state index contributed by atoms with van der Waals surface area (Å²) in [5, 5.41) is 0. The number of hydroxylamine groups is 3. The number of carbonyl (C=O) groups is 4. The van der Waals surface area contributed by atoms with E-state index < -0.39 is 22.7 Å². The molecule has 2 amide bonds. The largest absolute Gasteiger partial charge is 0.497 e. The molecule has 2 aliphatic rings. The molecule has 0 saturated carbocycles. The Kier molecular flexibility index (Phi) is 7.67. The van der Waals surface area contributed by atoms with Crippen molar-refractivity contribution in [3.63, 3.8) is 0 Å². The Morgan fingerprint density at radius 2 is 1.73 bits per heavy atom. The van der Waals surface area contributed by atoms with E-state index in [0.29, 0.717) is 24.1 Å². The molecule has 4 rings (SSSR count). The smallest absolute Gasteiger partial charge is 0.459 e. The minimum absolute atomic E-state index is 0.0196. The molecule has 37 heavy (non-hydrogen) atoms. The number of ketones is 1. The molecule has 0 unspecified atom stereocenters. The number of Topliss-reactive ketones (excluding diaryl/α,β-unsaturated/α-hetero) is 1. The Morgan fingerprint density at radius 3 is 2.41 bits per heavy atom. The summed E-state index contributed by atoms with van der Waals surface area (Å²) in [5.74, 6) is -2.87. The number of quaternary nitrogens is 1. The van der Waals surface area contributed by atoms with Crippen LogP contribution < -0.4 is 4.90 Å². The lowest BCUT2D eigenvalue weighted by atomic mass is 10.1. The van der Waals surface area contributed by atoms with E-state index in [4.69, 9.17) is 9.25 Å². The van der Waals surface area contributed by atoms with Gasteiger partial charge < -0.3 is 14.2 Å². The predicted octanol–water partition coefficient (Wildman–Crippen LogP) is 3.36. The number of hydrogen-bond acceptors (Lipinski definition) is 6. The second-order valence-corrected chi connectivity index (χ2v) is 9.07. The van der Waals surface area contributed by atoms with Gasteiger partial charge in [-0.3, -0.25) is 19.2 Å². The maximum absolute atomic E-state index is 13.0. The van der Waals surface area contributed by atoms with Gasteiger partial charge in [0.2, 0.25) is 5.91 Å². The van der Waals surface area contributed by atoms with Crippen molar-refractivity contribution < 1.29 is 46.3 Å². The number of piperazine rings is 1. The van der Waals surface area contributed by atoms with Gasteiger partial charge in [-0.15, -0.1) is 4.65 Å². The molecule has 1 aromatic carbocycles. The lowest BCUT2D eigenvalue weighted by Gasteiger charge is -2.41. The summed E-state index contributed by atoms with van der Waals surface area (Å²) >= 11 is 0. The van der Waals surface area contributed by atoms with E-state index in [1.165, 1.54) is 22.1 Å². The number of hydrogen-bond donors (Lipinski definition) is 0. The molecule has 0 bridgehead atoms. The Bertz CT molecular complexity index is 1160. The molecular weight excluding hydrogens is 495 g/mol. The van der Waals surface area contributed by atoms with Crippen molar-refractivity contribution >= 4 is 29.3 Å². The number of halogens is 3. The topological polar surface area (TPSA) is 97.1 Å². The zero-order chi connectivity index (χ0) is 26.6. The molecule has 0 radical (unpaired) electrons. The number of benzene rings is 1. The summed E-state index contributed by atoms with van der Waals surface area (Å²) in [6.07, 6.45) is -2.85. The summed E-state index contributed by atoms with van der Waals surface area (Å²) in [6.45, 7) is 0.449. The van der Waals surface area contributed by atoms with Crippen LogP contribution in [0.15, 0.2) is 47.1 Å². The predicted molar refractivity (Wildman–Crippen MR) is 123 cm³/mol. The lowest BCUT2D eigenvalue weighted by Crippen LogP contribution is -2.62. The normalized spacial score (nSPS) is 17.8. The third-order valence-electron chi connectivity index (χ3n) is 6.64. The van der Waals surface area contributed by atoms with Gasteiger partial charge in [0.05, 0.1) is 25.0 Å². The van der Waals surface area contributed by atoms with E-state index >= 15 is 0 Å². The van der Waals surface area contributed by atoms with Crippen molar-refractivity contribution in [2.75, 3.05) is 44.2 Å². The molecule has 0 spiro atoms. The fourth-order valence-electron chi connectivity index (χ4n) is 4.66. The van der Waals surface area contributed by atoms with Gasteiger partial charge in [-0.2, -0.15) is 13.2 Å². The van der Waals surface area contributed by atoms with Gasteiger partial charge in [0.25, 0.3) is 5.91 Å². The van der Waals surface area contributed by atoms with Gasteiger partial charge in [-0.1, -0.05) is 12.1 Å². The minimum Gasteiger partial charge on any atom is -0.459 e. The van der Waals surface area contributed by atoms with Crippen LogP contribution in [0.1, 0.15) is 46.6 Å². The monoisotopic (exact) mass is 522 g/mol. The average Bonchev–Trinajstić information content (AvgIpc) is 3.38. The minimum atomic E-state index is -5.15. The Labute approximate surface area is 210 Å². The van der Waals surface area contributed by atoms with Gasteiger partial charge >= 0.3 is 12.1 Å². The van der Waals surface area contributed by atoms with Crippen LogP contribution in [0, 0.1) is 0 Å². The number of alkyl halides is 3. The number of carbonyl (C=O) groups excluding carboxylic acids is 4. The number of unbranched alkanes of at least 4 members (excludes halogenated alkanes) is 1. The molecule has 198 valence electrons. The Morgan fingerprint density at radius 1 is 1.00 bits per heavy atom. The molecule has 2 aromatic rings. The molecule has 0 aliphatic carbocycles. The zero-order valence-electron chi connectivity index (χ0n) is 20.0. The van der Waals surface area contributed by atoms with E-state index in [2.05, 4.69) is 0 Å². The van der Waals surface area contributed by atoms with Crippen LogP contribution in [0.3, 0.4) is 0 Å². The van der Waals surface area contributed by atoms with Crippen LogP contribution in [0.2, 0.25) is 0 Å². The van der Waals surface area contributed by atoms with Gasteiger partial charge in [0.15, 0.2) is 11.5 Å². The van der Waals surface area contributed by atoms with E-state index in [1.54, 1.807) is 30.3 Å². The molecular formula is C25H27F3N3O6+. The first kappa shape index (κ1) is 26.4.